The molecule has 0 amide bonds. The van der Waals surface area contributed by atoms with Crippen molar-refractivity contribution in [1.82, 2.24) is 4.72 Å². The molecule has 1 heterocycles. The number of ether oxygens (including phenoxy) is 2. The van der Waals surface area contributed by atoms with Gasteiger partial charge in [-0.1, -0.05) is 6.07 Å². The molecule has 0 bridgehead atoms. The van der Waals surface area contributed by atoms with Crippen LogP contribution in [0.15, 0.2) is 41.3 Å². The van der Waals surface area contributed by atoms with Gasteiger partial charge in [0, 0.05) is 24.7 Å². The van der Waals surface area contributed by atoms with Gasteiger partial charge in [-0.3, -0.25) is 10.1 Å². The van der Waals surface area contributed by atoms with Crippen LogP contribution in [-0.2, 0) is 16.6 Å². The number of nitro benzene ring substituents is 1. The molecule has 3 rings (SSSR count). The fourth-order valence-corrected chi connectivity index (χ4v) is 4.61. The van der Waals surface area contributed by atoms with Crippen LogP contribution >= 0.6 is 0 Å². The molecule has 1 N–H and O–H groups in total. The molecule has 0 aliphatic carbocycles. The topological polar surface area (TPSA) is 111 Å². The lowest BCUT2D eigenvalue weighted by atomic mass is 10.1. The largest absolute Gasteiger partial charge is 0.454 e. The summed E-state index contributed by atoms with van der Waals surface area (Å²) >= 11 is 0. The fourth-order valence-electron chi connectivity index (χ4n) is 3.17. The van der Waals surface area contributed by atoms with Crippen molar-refractivity contribution >= 4 is 21.4 Å². The fraction of sp³-hybridized carbons (Fsp3) is 0.400. The van der Waals surface area contributed by atoms with E-state index in [0.717, 1.165) is 11.6 Å². The summed E-state index contributed by atoms with van der Waals surface area (Å²) in [4.78, 5) is 12.8. The van der Waals surface area contributed by atoms with Gasteiger partial charge in [0.05, 0.1) is 9.82 Å². The molecule has 30 heavy (non-hydrogen) atoms. The van der Waals surface area contributed by atoms with Crippen molar-refractivity contribution in [3.8, 4) is 11.5 Å². The maximum absolute atomic E-state index is 12.6. The van der Waals surface area contributed by atoms with E-state index in [9.17, 15) is 18.5 Å². The van der Waals surface area contributed by atoms with Crippen LogP contribution in [0.5, 0.6) is 11.5 Å². The normalized spacial score (nSPS) is 13.3. The van der Waals surface area contributed by atoms with Crippen LogP contribution in [0.4, 0.5) is 11.4 Å². The van der Waals surface area contributed by atoms with E-state index in [1.807, 2.05) is 24.0 Å². The Morgan fingerprint density at radius 1 is 1.13 bits per heavy atom. The molecule has 0 saturated carbocycles. The summed E-state index contributed by atoms with van der Waals surface area (Å²) in [6.45, 7) is 8.04. The minimum Gasteiger partial charge on any atom is -0.454 e. The van der Waals surface area contributed by atoms with Crippen LogP contribution in [0, 0.1) is 10.1 Å². The first-order chi connectivity index (χ1) is 14.0. The first kappa shape index (κ1) is 21.8. The van der Waals surface area contributed by atoms with Crippen molar-refractivity contribution in [2.75, 3.05) is 18.2 Å². The van der Waals surface area contributed by atoms with Gasteiger partial charge in [0.25, 0.3) is 5.69 Å². The van der Waals surface area contributed by atoms with E-state index >= 15 is 0 Å². The summed E-state index contributed by atoms with van der Waals surface area (Å²) < 4.78 is 38.4. The summed E-state index contributed by atoms with van der Waals surface area (Å²) in [7, 11) is -3.89. The third-order valence-corrected chi connectivity index (χ3v) is 6.18. The predicted octanol–water partition coefficient (Wildman–Crippen LogP) is 3.43. The van der Waals surface area contributed by atoms with Crippen molar-refractivity contribution in [3.63, 3.8) is 0 Å². The maximum Gasteiger partial charge on any atom is 0.293 e. The number of benzene rings is 2. The second-order valence-electron chi connectivity index (χ2n) is 7.96. The monoisotopic (exact) mass is 435 g/mol. The molecule has 10 heteroatoms. The number of fused-ring (bicyclic) bond motifs is 1. The number of hydrogen-bond acceptors (Lipinski definition) is 7. The van der Waals surface area contributed by atoms with E-state index in [2.05, 4.69) is 4.72 Å². The Bertz CT molecular complexity index is 1060. The number of hydrogen-bond donors (Lipinski definition) is 1. The molecule has 2 aromatic carbocycles. The van der Waals surface area contributed by atoms with E-state index in [-0.39, 0.29) is 17.4 Å². The average molecular weight is 436 g/mol. The smallest absolute Gasteiger partial charge is 0.293 e. The predicted molar refractivity (Wildman–Crippen MR) is 112 cm³/mol. The lowest BCUT2D eigenvalue weighted by Crippen LogP contribution is -2.40. The number of nitrogens with zero attached hydrogens (tertiary/aromatic N) is 2. The zero-order valence-corrected chi connectivity index (χ0v) is 18.2. The van der Waals surface area contributed by atoms with Crippen LogP contribution in [0.1, 0.15) is 33.3 Å². The number of nitrogens with one attached hydrogen (secondary N) is 1. The Kier molecular flexibility index (Phi) is 5.91. The molecule has 1 aliphatic rings. The maximum atomic E-state index is 12.6. The second-order valence-corrected chi connectivity index (χ2v) is 9.65. The van der Waals surface area contributed by atoms with Crippen molar-refractivity contribution in [1.29, 1.82) is 0 Å². The minimum atomic E-state index is -3.89. The van der Waals surface area contributed by atoms with Crippen LogP contribution in [0.2, 0.25) is 0 Å². The Balaban J connectivity index is 1.94. The lowest BCUT2D eigenvalue weighted by molar-refractivity contribution is -0.384. The highest BCUT2D eigenvalue weighted by molar-refractivity contribution is 7.89. The molecule has 0 atom stereocenters. The third kappa shape index (κ3) is 4.82. The molecule has 0 saturated heterocycles. The molecule has 9 nitrogen and oxygen atoms in total. The molecule has 162 valence electrons. The quantitative estimate of drug-likeness (QED) is 0.524. The van der Waals surface area contributed by atoms with Gasteiger partial charge in [-0.25, -0.2) is 13.1 Å². The molecule has 0 radical (unpaired) electrons. The van der Waals surface area contributed by atoms with Crippen LogP contribution < -0.4 is 19.1 Å². The van der Waals surface area contributed by atoms with Gasteiger partial charge in [0.2, 0.25) is 16.8 Å². The van der Waals surface area contributed by atoms with Crippen molar-refractivity contribution in [3.05, 3.63) is 52.1 Å². The zero-order chi connectivity index (χ0) is 22.1. The Hall–Kier alpha value is -2.85. The highest BCUT2D eigenvalue weighted by Gasteiger charge is 2.27. The highest BCUT2D eigenvalue weighted by Crippen LogP contribution is 2.35. The minimum absolute atomic E-state index is 0.146. The molecular formula is C20H25N3O6S. The molecule has 0 fully saturated rings. The van der Waals surface area contributed by atoms with Gasteiger partial charge < -0.3 is 14.4 Å². The summed E-state index contributed by atoms with van der Waals surface area (Å²) in [5.41, 5.74) is 0.256. The van der Waals surface area contributed by atoms with Gasteiger partial charge in [-0.2, -0.15) is 0 Å². The highest BCUT2D eigenvalue weighted by atomic mass is 32.2. The first-order valence-electron chi connectivity index (χ1n) is 9.46. The molecule has 0 spiro atoms. The first-order valence-corrected chi connectivity index (χ1v) is 10.9. The summed E-state index contributed by atoms with van der Waals surface area (Å²) in [6.07, 6.45) is 0. The van der Waals surface area contributed by atoms with Gasteiger partial charge in [-0.05, 0) is 57.5 Å². The summed E-state index contributed by atoms with van der Waals surface area (Å²) in [5, 5.41) is 11.7. The van der Waals surface area contributed by atoms with E-state index in [4.69, 9.17) is 9.47 Å². The Labute approximate surface area is 175 Å². The average Bonchev–Trinajstić information content (AvgIpc) is 3.11. The number of sulfonamides is 1. The van der Waals surface area contributed by atoms with Crippen molar-refractivity contribution in [2.45, 2.75) is 44.7 Å². The van der Waals surface area contributed by atoms with Crippen LogP contribution in [0.25, 0.3) is 0 Å². The zero-order valence-electron chi connectivity index (χ0n) is 17.3. The van der Waals surface area contributed by atoms with E-state index in [1.54, 1.807) is 26.8 Å². The van der Waals surface area contributed by atoms with Gasteiger partial charge >= 0.3 is 0 Å². The third-order valence-electron chi connectivity index (χ3n) is 4.43. The molecule has 2 aromatic rings. The van der Waals surface area contributed by atoms with Crippen molar-refractivity contribution < 1.29 is 22.8 Å². The Morgan fingerprint density at radius 3 is 2.47 bits per heavy atom. The SMILES string of the molecule is CCN(Cc1ccc2c(c1)OCO2)c1ccc(S(=O)(=O)NC(C)(C)C)cc1[N+](=O)[O-]. The van der Waals surface area contributed by atoms with Gasteiger partial charge in [0.15, 0.2) is 11.5 Å². The van der Waals surface area contributed by atoms with Gasteiger partial charge in [0.1, 0.15) is 5.69 Å². The number of rotatable bonds is 7. The van der Waals surface area contributed by atoms with E-state index in [1.165, 1.54) is 12.1 Å². The summed E-state index contributed by atoms with van der Waals surface area (Å²) in [6, 6.07) is 9.47. The van der Waals surface area contributed by atoms with Crippen LogP contribution in [-0.4, -0.2) is 32.2 Å². The summed E-state index contributed by atoms with van der Waals surface area (Å²) in [5.74, 6) is 1.29. The van der Waals surface area contributed by atoms with E-state index < -0.39 is 20.5 Å². The van der Waals surface area contributed by atoms with Crippen molar-refractivity contribution in [2.24, 2.45) is 0 Å². The second kappa shape index (κ2) is 8.11. The standard InChI is InChI=1S/C20H25N3O6S/c1-5-22(12-14-6-9-18-19(10-14)29-13-28-18)16-8-7-15(11-17(16)23(24)25)30(26,27)21-20(2,3)4/h6-11,21H,5,12-13H2,1-4H3. The molecule has 0 aromatic heterocycles. The molecular weight excluding hydrogens is 410 g/mol. The van der Waals surface area contributed by atoms with Gasteiger partial charge in [-0.15, -0.1) is 0 Å². The molecule has 0 unspecified atom stereocenters. The van der Waals surface area contributed by atoms with E-state index in [0.29, 0.717) is 30.3 Å². The number of nitro groups is 1. The molecule has 1 aliphatic heterocycles. The van der Waals surface area contributed by atoms with Crippen LogP contribution in [0.3, 0.4) is 0 Å². The Morgan fingerprint density at radius 2 is 1.83 bits per heavy atom. The lowest BCUT2D eigenvalue weighted by Gasteiger charge is -2.24. The number of anilines is 1.